The molecule has 0 saturated heterocycles. The van der Waals surface area contributed by atoms with Crippen LogP contribution in [0.3, 0.4) is 0 Å². The van der Waals surface area contributed by atoms with Gasteiger partial charge in [0.1, 0.15) is 17.8 Å². The number of methoxy groups -OCH3 is 1. The lowest BCUT2D eigenvalue weighted by molar-refractivity contribution is -0.119. The molecule has 1 aromatic carbocycles. The molecule has 0 spiro atoms. The molecular formula is C23H30ClN7O4S. The minimum absolute atomic E-state index is 0. The molecule has 4 rings (SSSR count). The number of imidazole rings is 1. The second-order valence-corrected chi connectivity index (χ2v) is 9.69. The van der Waals surface area contributed by atoms with Crippen molar-refractivity contribution in [1.82, 2.24) is 28.6 Å². The van der Waals surface area contributed by atoms with Crippen LogP contribution in [0.2, 0.25) is 0 Å². The lowest BCUT2D eigenvalue weighted by Crippen LogP contribution is -2.39. The molecule has 194 valence electrons. The molecule has 0 aliphatic heterocycles. The first-order valence-corrected chi connectivity index (χ1v) is 12.0. The number of carbonyl (C=O) groups excluding carboxylic acids is 1. The van der Waals surface area contributed by atoms with Crippen LogP contribution in [0.5, 0.6) is 5.75 Å². The Morgan fingerprint density at radius 3 is 2.53 bits per heavy atom. The molecule has 11 nitrogen and oxygen atoms in total. The van der Waals surface area contributed by atoms with Crippen molar-refractivity contribution in [3.8, 4) is 5.75 Å². The van der Waals surface area contributed by atoms with E-state index in [1.165, 1.54) is 33.8 Å². The number of benzene rings is 1. The van der Waals surface area contributed by atoms with Gasteiger partial charge in [0.15, 0.2) is 16.3 Å². The quantitative estimate of drug-likeness (QED) is 0.338. The summed E-state index contributed by atoms with van der Waals surface area (Å²) in [5.74, 6) is 0.424. The van der Waals surface area contributed by atoms with Gasteiger partial charge >= 0.3 is 5.69 Å². The minimum Gasteiger partial charge on any atom is -0.494 e. The standard InChI is InChI=1S/C23H29N7O4S.ClH/c1-14-8-9-15(34-6)17-19(14)35-22(25-17)30(11-7-10-26(2)3)16(31)12-29-13-24-20-18(29)21(32)28(5)23(33)27(20)4;/h8-9,13H,7,10-12H2,1-6H3;1H. The van der Waals surface area contributed by atoms with Crippen molar-refractivity contribution in [2.45, 2.75) is 19.9 Å². The Morgan fingerprint density at radius 1 is 1.14 bits per heavy atom. The number of fused-ring (bicyclic) bond motifs is 2. The number of rotatable bonds is 8. The molecule has 3 heterocycles. The van der Waals surface area contributed by atoms with Gasteiger partial charge in [0, 0.05) is 20.6 Å². The summed E-state index contributed by atoms with van der Waals surface area (Å²) in [4.78, 5) is 51.4. The van der Waals surface area contributed by atoms with E-state index in [0.717, 1.165) is 33.3 Å². The summed E-state index contributed by atoms with van der Waals surface area (Å²) in [5, 5.41) is 0.570. The monoisotopic (exact) mass is 535 g/mol. The van der Waals surface area contributed by atoms with Crippen LogP contribution in [-0.4, -0.2) is 68.8 Å². The molecule has 0 atom stereocenters. The zero-order chi connectivity index (χ0) is 25.4. The molecule has 36 heavy (non-hydrogen) atoms. The second kappa shape index (κ2) is 10.8. The molecule has 3 aromatic heterocycles. The minimum atomic E-state index is -0.493. The Balaban J connectivity index is 0.00000361. The third-order valence-corrected chi connectivity index (χ3v) is 7.17. The molecule has 0 N–H and O–H groups in total. The van der Waals surface area contributed by atoms with Gasteiger partial charge in [0.05, 0.1) is 18.1 Å². The van der Waals surface area contributed by atoms with Crippen LogP contribution in [0.25, 0.3) is 21.4 Å². The maximum Gasteiger partial charge on any atom is 0.332 e. The predicted octanol–water partition coefficient (Wildman–Crippen LogP) is 1.77. The number of hydrogen-bond acceptors (Lipinski definition) is 8. The highest BCUT2D eigenvalue weighted by Gasteiger charge is 2.24. The zero-order valence-electron chi connectivity index (χ0n) is 21.1. The summed E-state index contributed by atoms with van der Waals surface area (Å²) in [7, 11) is 8.52. The molecule has 1 amide bonds. The van der Waals surface area contributed by atoms with Crippen LogP contribution in [-0.2, 0) is 25.4 Å². The van der Waals surface area contributed by atoms with Crippen molar-refractivity contribution < 1.29 is 9.53 Å². The number of carbonyl (C=O) groups is 1. The van der Waals surface area contributed by atoms with E-state index in [0.29, 0.717) is 17.4 Å². The second-order valence-electron chi connectivity index (χ2n) is 8.71. The van der Waals surface area contributed by atoms with Crippen molar-refractivity contribution in [3.63, 3.8) is 0 Å². The molecule has 0 aliphatic carbocycles. The number of aromatic nitrogens is 5. The highest BCUT2D eigenvalue weighted by molar-refractivity contribution is 7.22. The molecule has 0 fully saturated rings. The average Bonchev–Trinajstić information content (AvgIpc) is 3.45. The summed E-state index contributed by atoms with van der Waals surface area (Å²) >= 11 is 1.44. The summed E-state index contributed by atoms with van der Waals surface area (Å²) in [6.07, 6.45) is 2.17. The van der Waals surface area contributed by atoms with E-state index in [1.54, 1.807) is 19.1 Å². The Hall–Kier alpha value is -3.22. The maximum absolute atomic E-state index is 13.6. The van der Waals surface area contributed by atoms with Gasteiger partial charge in [-0.2, -0.15) is 0 Å². The highest BCUT2D eigenvalue weighted by atomic mass is 35.5. The van der Waals surface area contributed by atoms with Crippen molar-refractivity contribution in [2.75, 3.05) is 39.2 Å². The van der Waals surface area contributed by atoms with E-state index >= 15 is 0 Å². The molecular weight excluding hydrogens is 506 g/mol. The molecule has 0 bridgehead atoms. The van der Waals surface area contributed by atoms with Crippen molar-refractivity contribution in [1.29, 1.82) is 0 Å². The lowest BCUT2D eigenvalue weighted by atomic mass is 10.2. The summed E-state index contributed by atoms with van der Waals surface area (Å²) in [5.41, 5.74) is 1.25. The summed E-state index contributed by atoms with van der Waals surface area (Å²) in [6.45, 7) is 3.15. The van der Waals surface area contributed by atoms with E-state index in [2.05, 4.69) is 9.88 Å². The van der Waals surface area contributed by atoms with Crippen LogP contribution < -0.4 is 20.9 Å². The fourth-order valence-electron chi connectivity index (χ4n) is 4.00. The Bertz CT molecular complexity index is 1540. The van der Waals surface area contributed by atoms with Crippen LogP contribution in [0.15, 0.2) is 28.0 Å². The topological polar surface area (TPSA) is 107 Å². The first-order valence-electron chi connectivity index (χ1n) is 11.1. The molecule has 4 aromatic rings. The number of nitrogens with zero attached hydrogens (tertiary/aromatic N) is 7. The van der Waals surface area contributed by atoms with E-state index in [-0.39, 0.29) is 36.0 Å². The van der Waals surface area contributed by atoms with Gasteiger partial charge in [-0.3, -0.25) is 23.6 Å². The lowest BCUT2D eigenvalue weighted by Gasteiger charge is -2.21. The number of thiazole rings is 1. The van der Waals surface area contributed by atoms with Gasteiger partial charge in [-0.15, -0.1) is 12.4 Å². The molecule has 0 unspecified atom stereocenters. The molecule has 0 aliphatic rings. The normalized spacial score (nSPS) is 11.3. The molecule has 0 radical (unpaired) electrons. The highest BCUT2D eigenvalue weighted by Crippen LogP contribution is 2.36. The third kappa shape index (κ3) is 4.88. The first-order chi connectivity index (χ1) is 16.6. The third-order valence-electron chi connectivity index (χ3n) is 5.95. The number of halogens is 1. The Kier molecular flexibility index (Phi) is 8.22. The fraction of sp³-hybridized carbons (Fsp3) is 0.435. The molecule has 13 heteroatoms. The maximum atomic E-state index is 13.6. The van der Waals surface area contributed by atoms with Gasteiger partial charge < -0.3 is 14.2 Å². The van der Waals surface area contributed by atoms with Crippen molar-refractivity contribution in [3.05, 3.63) is 44.9 Å². The van der Waals surface area contributed by atoms with Gasteiger partial charge in [0.2, 0.25) is 5.91 Å². The van der Waals surface area contributed by atoms with Crippen molar-refractivity contribution >= 4 is 56.2 Å². The van der Waals surface area contributed by atoms with Crippen molar-refractivity contribution in [2.24, 2.45) is 14.1 Å². The Labute approximate surface area is 217 Å². The largest absolute Gasteiger partial charge is 0.494 e. The predicted molar refractivity (Wildman–Crippen MR) is 144 cm³/mol. The first kappa shape index (κ1) is 27.4. The van der Waals surface area contributed by atoms with E-state index in [4.69, 9.17) is 9.72 Å². The van der Waals surface area contributed by atoms with Gasteiger partial charge in [-0.25, -0.2) is 14.8 Å². The van der Waals surface area contributed by atoms with E-state index < -0.39 is 11.2 Å². The number of amides is 1. The van der Waals surface area contributed by atoms with Crippen LogP contribution >= 0.6 is 23.7 Å². The Morgan fingerprint density at radius 2 is 1.86 bits per heavy atom. The van der Waals surface area contributed by atoms with Gasteiger partial charge in [-0.1, -0.05) is 17.4 Å². The fourth-order valence-corrected chi connectivity index (χ4v) is 5.09. The number of ether oxygens (including phenoxy) is 1. The van der Waals surface area contributed by atoms with Gasteiger partial charge in [0.25, 0.3) is 5.56 Å². The van der Waals surface area contributed by atoms with E-state index in [9.17, 15) is 14.4 Å². The van der Waals surface area contributed by atoms with Gasteiger partial charge in [-0.05, 0) is 45.6 Å². The van der Waals surface area contributed by atoms with Crippen LogP contribution in [0.1, 0.15) is 12.0 Å². The summed E-state index contributed by atoms with van der Waals surface area (Å²) < 4.78 is 10.3. The zero-order valence-corrected chi connectivity index (χ0v) is 22.8. The number of anilines is 1. The van der Waals surface area contributed by atoms with Crippen LogP contribution in [0.4, 0.5) is 5.13 Å². The number of aryl methyl sites for hydroxylation is 2. The average molecular weight is 536 g/mol. The number of hydrogen-bond donors (Lipinski definition) is 0. The van der Waals surface area contributed by atoms with Crippen LogP contribution in [0, 0.1) is 6.92 Å². The summed E-state index contributed by atoms with van der Waals surface area (Å²) in [6, 6.07) is 3.84. The SMILES string of the molecule is COc1ccc(C)c2sc(N(CCCN(C)C)C(=O)Cn3cnc4c3c(=O)n(C)c(=O)n4C)nc12.Cl. The van der Waals surface area contributed by atoms with E-state index in [1.807, 2.05) is 33.2 Å². The molecule has 0 saturated carbocycles. The smallest absolute Gasteiger partial charge is 0.332 e.